The van der Waals surface area contributed by atoms with E-state index in [1.54, 1.807) is 24.3 Å². The third kappa shape index (κ3) is 6.40. The van der Waals surface area contributed by atoms with Crippen LogP contribution >= 0.6 is 11.3 Å². The molecule has 0 saturated heterocycles. The van der Waals surface area contributed by atoms with Crippen molar-refractivity contribution in [1.82, 2.24) is 15.5 Å². The van der Waals surface area contributed by atoms with Crippen LogP contribution in [0.15, 0.2) is 78.9 Å². The zero-order valence-electron chi connectivity index (χ0n) is 20.3. The first-order valence-electron chi connectivity index (χ1n) is 11.5. The van der Waals surface area contributed by atoms with E-state index in [-0.39, 0.29) is 17.1 Å². The Labute approximate surface area is 213 Å². The first-order valence-corrected chi connectivity index (χ1v) is 12.4. The topological polar surface area (TPSA) is 84.0 Å². The molecule has 6 nitrogen and oxygen atoms in total. The van der Waals surface area contributed by atoms with Crippen molar-refractivity contribution >= 4 is 28.3 Å². The van der Waals surface area contributed by atoms with Crippen LogP contribution in [-0.4, -0.2) is 28.1 Å². The van der Waals surface area contributed by atoms with Gasteiger partial charge in [0.25, 0.3) is 5.91 Å². The molecular weight excluding hydrogens is 475 g/mol. The summed E-state index contributed by atoms with van der Waals surface area (Å²) in [6, 6.07) is 21.9. The number of anilines is 1. The van der Waals surface area contributed by atoms with Crippen LogP contribution in [0.5, 0.6) is 0 Å². The quantitative estimate of drug-likeness (QED) is 0.344. The van der Waals surface area contributed by atoms with Crippen LogP contribution in [0.25, 0.3) is 10.6 Å². The number of hydrogen-bond donors (Lipinski definition) is 2. The summed E-state index contributed by atoms with van der Waals surface area (Å²) in [4.78, 5) is 26.3. The normalized spacial score (nSPS) is 12.1. The standard InChI is InChI=1S/C28H27FN4O2S/c1-28(2,3)21-13-9-19(10-14-21)24(34)30-23(17-18-7-5-4-6-8-18)25(35)31-27-33-32-26(36-27)20-11-15-22(29)16-12-20/h4-16,23H,17H2,1-3H3,(H,30,34)(H,31,33,35)/t23-/m0/s1. The van der Waals surface area contributed by atoms with E-state index in [0.717, 1.165) is 11.1 Å². The fourth-order valence-electron chi connectivity index (χ4n) is 3.60. The Kier molecular flexibility index (Phi) is 7.55. The summed E-state index contributed by atoms with van der Waals surface area (Å²) in [6.07, 6.45) is 0.308. The van der Waals surface area contributed by atoms with Crippen LogP contribution in [0, 0.1) is 5.82 Å². The van der Waals surface area contributed by atoms with Gasteiger partial charge in [-0.2, -0.15) is 0 Å². The van der Waals surface area contributed by atoms with Gasteiger partial charge in [0.15, 0.2) is 0 Å². The molecule has 36 heavy (non-hydrogen) atoms. The molecule has 184 valence electrons. The first kappa shape index (κ1) is 25.2. The Morgan fingerprint density at radius 1 is 0.917 bits per heavy atom. The Balaban J connectivity index is 1.50. The number of hydrogen-bond acceptors (Lipinski definition) is 5. The van der Waals surface area contributed by atoms with Gasteiger partial charge < -0.3 is 5.32 Å². The monoisotopic (exact) mass is 502 g/mol. The lowest BCUT2D eigenvalue weighted by Gasteiger charge is -2.20. The predicted molar refractivity (Wildman–Crippen MR) is 140 cm³/mol. The SMILES string of the molecule is CC(C)(C)c1ccc(C(=O)N[C@@H](Cc2ccccc2)C(=O)Nc2nnc(-c3ccc(F)cc3)s2)cc1. The Morgan fingerprint density at radius 3 is 2.22 bits per heavy atom. The Hall–Kier alpha value is -3.91. The van der Waals surface area contributed by atoms with E-state index >= 15 is 0 Å². The number of nitrogens with one attached hydrogen (secondary N) is 2. The van der Waals surface area contributed by atoms with Crippen molar-refractivity contribution in [3.05, 3.63) is 101 Å². The van der Waals surface area contributed by atoms with E-state index in [1.165, 1.54) is 23.5 Å². The third-order valence-electron chi connectivity index (χ3n) is 5.66. The summed E-state index contributed by atoms with van der Waals surface area (Å²) in [6.45, 7) is 6.33. The van der Waals surface area contributed by atoms with Gasteiger partial charge in [0.2, 0.25) is 11.0 Å². The Morgan fingerprint density at radius 2 is 1.58 bits per heavy atom. The summed E-state index contributed by atoms with van der Waals surface area (Å²) in [5, 5.41) is 14.6. The summed E-state index contributed by atoms with van der Waals surface area (Å²) in [7, 11) is 0. The number of nitrogens with zero attached hydrogens (tertiary/aromatic N) is 2. The molecule has 1 aromatic heterocycles. The summed E-state index contributed by atoms with van der Waals surface area (Å²) in [5.41, 5.74) is 3.17. The van der Waals surface area contributed by atoms with Gasteiger partial charge in [-0.1, -0.05) is 74.6 Å². The van der Waals surface area contributed by atoms with E-state index < -0.39 is 11.9 Å². The first-order chi connectivity index (χ1) is 17.2. The average molecular weight is 503 g/mol. The van der Waals surface area contributed by atoms with E-state index in [0.29, 0.717) is 27.7 Å². The van der Waals surface area contributed by atoms with Gasteiger partial charge in [-0.05, 0) is 52.9 Å². The molecule has 0 bridgehead atoms. The molecule has 0 unspecified atom stereocenters. The number of benzene rings is 3. The second kappa shape index (κ2) is 10.8. The number of halogens is 1. The number of aromatic nitrogens is 2. The molecule has 0 fully saturated rings. The maximum Gasteiger partial charge on any atom is 0.251 e. The second-order valence-electron chi connectivity index (χ2n) is 9.45. The van der Waals surface area contributed by atoms with E-state index in [9.17, 15) is 14.0 Å². The van der Waals surface area contributed by atoms with Crippen molar-refractivity contribution in [2.45, 2.75) is 38.6 Å². The second-order valence-corrected chi connectivity index (χ2v) is 10.4. The van der Waals surface area contributed by atoms with Gasteiger partial charge in [-0.3, -0.25) is 14.9 Å². The highest BCUT2D eigenvalue weighted by molar-refractivity contribution is 7.18. The maximum atomic E-state index is 13.2. The molecule has 1 atom stereocenters. The molecular formula is C28H27FN4O2S. The van der Waals surface area contributed by atoms with Crippen molar-refractivity contribution in [1.29, 1.82) is 0 Å². The molecule has 8 heteroatoms. The van der Waals surface area contributed by atoms with Crippen molar-refractivity contribution < 1.29 is 14.0 Å². The molecule has 1 heterocycles. The molecule has 0 aliphatic rings. The lowest BCUT2D eigenvalue weighted by Crippen LogP contribution is -2.45. The number of rotatable bonds is 7. The minimum atomic E-state index is -0.833. The van der Waals surface area contributed by atoms with Crippen molar-refractivity contribution in [3.8, 4) is 10.6 Å². The van der Waals surface area contributed by atoms with Gasteiger partial charge >= 0.3 is 0 Å². The van der Waals surface area contributed by atoms with Gasteiger partial charge in [-0.25, -0.2) is 4.39 Å². The minimum Gasteiger partial charge on any atom is -0.340 e. The van der Waals surface area contributed by atoms with E-state index in [2.05, 4.69) is 41.6 Å². The van der Waals surface area contributed by atoms with E-state index in [4.69, 9.17) is 0 Å². The lowest BCUT2D eigenvalue weighted by molar-refractivity contribution is -0.118. The zero-order chi connectivity index (χ0) is 25.7. The fraction of sp³-hybridized carbons (Fsp3) is 0.214. The average Bonchev–Trinajstić information content (AvgIpc) is 3.32. The van der Waals surface area contributed by atoms with Gasteiger partial charge in [0.05, 0.1) is 0 Å². The molecule has 4 aromatic rings. The summed E-state index contributed by atoms with van der Waals surface area (Å²) in [5.74, 6) is -1.08. The molecule has 4 rings (SSSR count). The molecule has 2 N–H and O–H groups in total. The molecule has 0 radical (unpaired) electrons. The molecule has 0 saturated carbocycles. The molecule has 2 amide bonds. The highest BCUT2D eigenvalue weighted by Crippen LogP contribution is 2.27. The predicted octanol–water partition coefficient (Wildman–Crippen LogP) is 5.62. The largest absolute Gasteiger partial charge is 0.340 e. The molecule has 0 spiro atoms. The van der Waals surface area contributed by atoms with Crippen molar-refractivity contribution in [3.63, 3.8) is 0 Å². The zero-order valence-corrected chi connectivity index (χ0v) is 21.1. The van der Waals surface area contributed by atoms with Crippen molar-refractivity contribution in [2.24, 2.45) is 0 Å². The fourth-order valence-corrected chi connectivity index (χ4v) is 4.35. The minimum absolute atomic E-state index is 0.0285. The maximum absolute atomic E-state index is 13.2. The van der Waals surface area contributed by atoms with Gasteiger partial charge in [-0.15, -0.1) is 10.2 Å². The third-order valence-corrected chi connectivity index (χ3v) is 6.55. The summed E-state index contributed by atoms with van der Waals surface area (Å²) < 4.78 is 13.2. The van der Waals surface area contributed by atoms with Crippen LogP contribution in [0.1, 0.15) is 42.3 Å². The molecule has 3 aromatic carbocycles. The van der Waals surface area contributed by atoms with Crippen LogP contribution in [0.4, 0.5) is 9.52 Å². The number of carbonyl (C=O) groups is 2. The van der Waals surface area contributed by atoms with E-state index in [1.807, 2.05) is 42.5 Å². The van der Waals surface area contributed by atoms with Crippen LogP contribution in [0.2, 0.25) is 0 Å². The smallest absolute Gasteiger partial charge is 0.251 e. The highest BCUT2D eigenvalue weighted by Gasteiger charge is 2.24. The van der Waals surface area contributed by atoms with Crippen LogP contribution < -0.4 is 10.6 Å². The summed E-state index contributed by atoms with van der Waals surface area (Å²) >= 11 is 1.17. The highest BCUT2D eigenvalue weighted by atomic mass is 32.1. The molecule has 0 aliphatic carbocycles. The van der Waals surface area contributed by atoms with Crippen LogP contribution in [-0.2, 0) is 16.6 Å². The molecule has 0 aliphatic heterocycles. The number of amides is 2. The van der Waals surface area contributed by atoms with Crippen molar-refractivity contribution in [2.75, 3.05) is 5.32 Å². The van der Waals surface area contributed by atoms with Gasteiger partial charge in [0.1, 0.15) is 16.9 Å². The van der Waals surface area contributed by atoms with Gasteiger partial charge in [0, 0.05) is 17.5 Å². The van der Waals surface area contributed by atoms with Crippen LogP contribution in [0.3, 0.4) is 0 Å². The number of carbonyl (C=O) groups excluding carboxylic acids is 2. The lowest BCUT2D eigenvalue weighted by atomic mass is 9.86. The Bertz CT molecular complexity index is 1330.